The van der Waals surface area contributed by atoms with Gasteiger partial charge in [-0.3, -0.25) is 0 Å². The van der Waals surface area contributed by atoms with E-state index in [0.29, 0.717) is 15.2 Å². The SMILES string of the molecule is CCCCC(C)NS(=O)(=O)c1cc(CNCCC)sc1Br. The van der Waals surface area contributed by atoms with Gasteiger partial charge in [-0.2, -0.15) is 0 Å². The number of hydrogen-bond donors (Lipinski definition) is 2. The quantitative estimate of drug-likeness (QED) is 0.590. The van der Waals surface area contributed by atoms with Gasteiger partial charge in [0.2, 0.25) is 10.0 Å². The molecule has 21 heavy (non-hydrogen) atoms. The number of nitrogens with one attached hydrogen (secondary N) is 2. The molecule has 0 spiro atoms. The van der Waals surface area contributed by atoms with Crippen molar-refractivity contribution in [3.63, 3.8) is 0 Å². The highest BCUT2D eigenvalue weighted by Gasteiger charge is 2.22. The first-order valence-corrected chi connectivity index (χ1v) is 10.5. The largest absolute Gasteiger partial charge is 0.312 e. The lowest BCUT2D eigenvalue weighted by Gasteiger charge is -2.13. The van der Waals surface area contributed by atoms with Crippen LogP contribution in [0.3, 0.4) is 0 Å². The molecule has 1 rings (SSSR count). The van der Waals surface area contributed by atoms with Gasteiger partial charge in [-0.15, -0.1) is 11.3 Å². The van der Waals surface area contributed by atoms with E-state index >= 15 is 0 Å². The van der Waals surface area contributed by atoms with E-state index in [2.05, 4.69) is 39.8 Å². The van der Waals surface area contributed by atoms with Crippen molar-refractivity contribution in [2.75, 3.05) is 6.54 Å². The number of thiophene rings is 1. The van der Waals surface area contributed by atoms with E-state index in [1.165, 1.54) is 11.3 Å². The van der Waals surface area contributed by atoms with Gasteiger partial charge in [0.25, 0.3) is 0 Å². The van der Waals surface area contributed by atoms with Gasteiger partial charge in [-0.1, -0.05) is 26.7 Å². The minimum absolute atomic E-state index is 0.0385. The molecule has 1 aromatic rings. The number of unbranched alkanes of at least 4 members (excludes halogenated alkanes) is 1. The van der Waals surface area contributed by atoms with Crippen molar-refractivity contribution in [1.29, 1.82) is 0 Å². The van der Waals surface area contributed by atoms with E-state index in [-0.39, 0.29) is 6.04 Å². The predicted octanol–water partition coefficient (Wildman–Crippen LogP) is 3.87. The molecule has 0 saturated heterocycles. The minimum atomic E-state index is -3.44. The van der Waals surface area contributed by atoms with Crippen LogP contribution in [0.5, 0.6) is 0 Å². The summed E-state index contributed by atoms with van der Waals surface area (Å²) in [6.45, 7) is 7.76. The minimum Gasteiger partial charge on any atom is -0.312 e. The second-order valence-corrected chi connectivity index (χ2v) is 9.33. The Kier molecular flexibility index (Phi) is 8.41. The lowest BCUT2D eigenvalue weighted by Crippen LogP contribution is -2.32. The van der Waals surface area contributed by atoms with Crippen LogP contribution < -0.4 is 10.0 Å². The van der Waals surface area contributed by atoms with Crippen LogP contribution in [0.15, 0.2) is 14.7 Å². The summed E-state index contributed by atoms with van der Waals surface area (Å²) in [5, 5.41) is 3.29. The second-order valence-electron chi connectivity index (χ2n) is 5.19. The highest BCUT2D eigenvalue weighted by molar-refractivity contribution is 9.11. The van der Waals surface area contributed by atoms with Crippen molar-refractivity contribution in [2.45, 2.75) is 63.9 Å². The summed E-state index contributed by atoms with van der Waals surface area (Å²) in [6, 6.07) is 1.72. The van der Waals surface area contributed by atoms with Crippen LogP contribution in [-0.4, -0.2) is 21.0 Å². The van der Waals surface area contributed by atoms with E-state index in [4.69, 9.17) is 0 Å². The summed E-state index contributed by atoms with van der Waals surface area (Å²) in [4.78, 5) is 1.38. The topological polar surface area (TPSA) is 58.2 Å². The summed E-state index contributed by atoms with van der Waals surface area (Å²) >= 11 is 4.85. The monoisotopic (exact) mass is 396 g/mol. The molecule has 0 radical (unpaired) electrons. The van der Waals surface area contributed by atoms with Gasteiger partial charge in [0.15, 0.2) is 0 Å². The van der Waals surface area contributed by atoms with E-state index < -0.39 is 10.0 Å². The van der Waals surface area contributed by atoms with Crippen LogP contribution in [-0.2, 0) is 16.6 Å². The fraction of sp³-hybridized carbons (Fsp3) is 0.714. The molecule has 4 nitrogen and oxygen atoms in total. The molecule has 0 amide bonds. The fourth-order valence-corrected chi connectivity index (χ4v) is 5.88. The average Bonchev–Trinajstić information content (AvgIpc) is 2.78. The molecule has 1 heterocycles. The van der Waals surface area contributed by atoms with Crippen molar-refractivity contribution in [3.8, 4) is 0 Å². The molecule has 0 fully saturated rings. The van der Waals surface area contributed by atoms with E-state index in [1.807, 2.05) is 6.92 Å². The molecule has 0 aliphatic carbocycles. The number of hydrogen-bond acceptors (Lipinski definition) is 4. The summed E-state index contributed by atoms with van der Waals surface area (Å²) in [7, 11) is -3.44. The first kappa shape index (κ1) is 19.1. The molecule has 0 bridgehead atoms. The maximum atomic E-state index is 12.4. The second kappa shape index (κ2) is 9.25. The van der Waals surface area contributed by atoms with Gasteiger partial charge in [0.1, 0.15) is 4.90 Å². The molecule has 7 heteroatoms. The van der Waals surface area contributed by atoms with Crippen LogP contribution in [0.2, 0.25) is 0 Å². The van der Waals surface area contributed by atoms with E-state index in [9.17, 15) is 8.42 Å². The summed E-state index contributed by atoms with van der Waals surface area (Å²) < 4.78 is 28.3. The van der Waals surface area contributed by atoms with Crippen LogP contribution in [0.4, 0.5) is 0 Å². The normalized spacial score (nSPS) is 13.5. The van der Waals surface area contributed by atoms with Crippen LogP contribution >= 0.6 is 27.3 Å². The van der Waals surface area contributed by atoms with Gasteiger partial charge < -0.3 is 5.32 Å². The van der Waals surface area contributed by atoms with Gasteiger partial charge in [0.05, 0.1) is 3.79 Å². The number of rotatable bonds is 10. The Hall–Kier alpha value is 0.0500. The Morgan fingerprint density at radius 2 is 2.05 bits per heavy atom. The third kappa shape index (κ3) is 6.36. The van der Waals surface area contributed by atoms with Crippen LogP contribution in [0.1, 0.15) is 51.3 Å². The zero-order valence-electron chi connectivity index (χ0n) is 12.9. The van der Waals surface area contributed by atoms with Crippen molar-refractivity contribution in [2.24, 2.45) is 0 Å². The number of sulfonamides is 1. The molecule has 0 aromatic carbocycles. The van der Waals surface area contributed by atoms with Gasteiger partial charge in [0, 0.05) is 17.5 Å². The van der Waals surface area contributed by atoms with Crippen molar-refractivity contribution < 1.29 is 8.42 Å². The summed E-state index contributed by atoms with van der Waals surface area (Å²) in [6.07, 6.45) is 4.03. The van der Waals surface area contributed by atoms with Gasteiger partial charge in [-0.25, -0.2) is 13.1 Å². The molecule has 122 valence electrons. The maximum absolute atomic E-state index is 12.4. The van der Waals surface area contributed by atoms with Crippen molar-refractivity contribution in [1.82, 2.24) is 10.0 Å². The molecule has 1 atom stereocenters. The molecule has 0 aliphatic heterocycles. The fourth-order valence-electron chi connectivity index (χ4n) is 1.95. The first-order valence-electron chi connectivity index (χ1n) is 7.42. The zero-order valence-corrected chi connectivity index (χ0v) is 16.1. The van der Waals surface area contributed by atoms with E-state index in [0.717, 1.165) is 37.1 Å². The summed E-state index contributed by atoms with van der Waals surface area (Å²) in [5.74, 6) is 0. The maximum Gasteiger partial charge on any atom is 0.242 e. The lowest BCUT2D eigenvalue weighted by atomic mass is 10.2. The Morgan fingerprint density at radius 1 is 1.33 bits per heavy atom. The highest BCUT2D eigenvalue weighted by Crippen LogP contribution is 2.31. The molecule has 2 N–H and O–H groups in total. The Bertz CT molecular complexity index is 529. The van der Waals surface area contributed by atoms with E-state index in [1.54, 1.807) is 6.07 Å². The molecule has 1 aromatic heterocycles. The summed E-state index contributed by atoms with van der Waals surface area (Å²) in [5.41, 5.74) is 0. The van der Waals surface area contributed by atoms with Crippen LogP contribution in [0.25, 0.3) is 0 Å². The third-order valence-corrected chi connectivity index (χ3v) is 6.91. The molecule has 0 saturated carbocycles. The van der Waals surface area contributed by atoms with Gasteiger partial charge in [-0.05, 0) is 48.3 Å². The smallest absolute Gasteiger partial charge is 0.242 e. The molecular weight excluding hydrogens is 372 g/mol. The Balaban J connectivity index is 2.74. The van der Waals surface area contributed by atoms with Crippen molar-refractivity contribution >= 4 is 37.3 Å². The van der Waals surface area contributed by atoms with Crippen LogP contribution in [0, 0.1) is 0 Å². The van der Waals surface area contributed by atoms with Gasteiger partial charge >= 0.3 is 0 Å². The predicted molar refractivity (Wildman–Crippen MR) is 93.3 cm³/mol. The third-order valence-electron chi connectivity index (χ3n) is 3.07. The molecule has 0 aliphatic rings. The molecular formula is C14H25BrN2O2S2. The standard InChI is InChI=1S/C14H25BrN2O2S2/c1-4-6-7-11(3)17-21(18,19)13-9-12(20-14(13)15)10-16-8-5-2/h9,11,16-17H,4-8,10H2,1-3H3. The van der Waals surface area contributed by atoms with Crippen molar-refractivity contribution in [3.05, 3.63) is 14.7 Å². The Morgan fingerprint density at radius 3 is 2.67 bits per heavy atom. The highest BCUT2D eigenvalue weighted by atomic mass is 79.9. The molecule has 1 unspecified atom stereocenters. The first-order chi connectivity index (χ1) is 9.90. The lowest BCUT2D eigenvalue weighted by molar-refractivity contribution is 0.534. The number of halogens is 1. The Labute approximate surface area is 140 Å². The average molecular weight is 397 g/mol. The zero-order chi connectivity index (χ0) is 15.9.